The standard InChI is InChI=1S/C11H11BrO3S/c12-9-5-7-8(16-9)3-1-2-6(11(7)15)4-10(13)14/h5-6H,1-4H2,(H,13,14). The Morgan fingerprint density at radius 3 is 3.06 bits per heavy atom. The topological polar surface area (TPSA) is 54.4 Å². The molecule has 5 heteroatoms. The summed E-state index contributed by atoms with van der Waals surface area (Å²) in [5.74, 6) is -1.24. The van der Waals surface area contributed by atoms with E-state index < -0.39 is 5.97 Å². The number of fused-ring (bicyclic) bond motifs is 1. The van der Waals surface area contributed by atoms with Crippen molar-refractivity contribution in [3.8, 4) is 0 Å². The van der Waals surface area contributed by atoms with Gasteiger partial charge in [-0.05, 0) is 41.3 Å². The van der Waals surface area contributed by atoms with E-state index >= 15 is 0 Å². The second-order valence-corrected chi connectivity index (χ2v) is 6.45. The van der Waals surface area contributed by atoms with Gasteiger partial charge in [-0.2, -0.15) is 0 Å². The van der Waals surface area contributed by atoms with Crippen LogP contribution in [0.5, 0.6) is 0 Å². The molecule has 0 amide bonds. The molecule has 0 radical (unpaired) electrons. The van der Waals surface area contributed by atoms with Gasteiger partial charge < -0.3 is 5.11 Å². The van der Waals surface area contributed by atoms with Crippen molar-refractivity contribution < 1.29 is 14.7 Å². The molecule has 1 heterocycles. The fourth-order valence-electron chi connectivity index (χ4n) is 2.06. The highest BCUT2D eigenvalue weighted by atomic mass is 79.9. The molecule has 1 aromatic heterocycles. The third-order valence-corrected chi connectivity index (χ3v) is 4.49. The summed E-state index contributed by atoms with van der Waals surface area (Å²) >= 11 is 4.94. The van der Waals surface area contributed by atoms with Gasteiger partial charge in [0.05, 0.1) is 10.2 Å². The number of carbonyl (C=O) groups excluding carboxylic acids is 1. The van der Waals surface area contributed by atoms with Gasteiger partial charge in [-0.1, -0.05) is 0 Å². The number of aryl methyl sites for hydroxylation is 1. The van der Waals surface area contributed by atoms with Gasteiger partial charge in [0, 0.05) is 16.4 Å². The summed E-state index contributed by atoms with van der Waals surface area (Å²) in [6.07, 6.45) is 2.41. The average Bonchev–Trinajstić information content (AvgIpc) is 2.50. The van der Waals surface area contributed by atoms with E-state index in [0.717, 1.165) is 27.1 Å². The maximum atomic E-state index is 12.1. The minimum Gasteiger partial charge on any atom is -0.481 e. The minimum atomic E-state index is -0.893. The summed E-state index contributed by atoms with van der Waals surface area (Å²) in [5.41, 5.74) is 0.723. The Morgan fingerprint density at radius 1 is 1.62 bits per heavy atom. The number of Topliss-reactive ketones (excluding diaryl/α,β-unsaturated/α-hetero) is 1. The molecule has 0 aliphatic heterocycles. The average molecular weight is 303 g/mol. The number of rotatable bonds is 2. The predicted molar refractivity (Wildman–Crippen MR) is 65.0 cm³/mol. The molecule has 0 bridgehead atoms. The summed E-state index contributed by atoms with van der Waals surface area (Å²) in [4.78, 5) is 23.9. The number of aliphatic carboxylic acids is 1. The largest absolute Gasteiger partial charge is 0.481 e. The van der Waals surface area contributed by atoms with Gasteiger partial charge in [0.2, 0.25) is 0 Å². The van der Waals surface area contributed by atoms with E-state index in [1.807, 2.05) is 6.07 Å². The molecule has 16 heavy (non-hydrogen) atoms. The number of carbonyl (C=O) groups is 2. The first-order valence-electron chi connectivity index (χ1n) is 5.12. The zero-order chi connectivity index (χ0) is 11.7. The first-order valence-corrected chi connectivity index (χ1v) is 6.73. The van der Waals surface area contributed by atoms with Crippen molar-refractivity contribution in [3.05, 3.63) is 20.3 Å². The number of hydrogen-bond acceptors (Lipinski definition) is 3. The van der Waals surface area contributed by atoms with Crippen LogP contribution in [0, 0.1) is 5.92 Å². The third-order valence-electron chi connectivity index (χ3n) is 2.79. The Balaban J connectivity index is 2.29. The molecule has 1 atom stereocenters. The number of halogens is 1. The summed E-state index contributed by atoms with van der Waals surface area (Å²) in [6.45, 7) is 0. The fourth-order valence-corrected chi connectivity index (χ4v) is 3.80. The van der Waals surface area contributed by atoms with Gasteiger partial charge >= 0.3 is 5.97 Å². The van der Waals surface area contributed by atoms with E-state index in [0.29, 0.717) is 6.42 Å². The Labute approximate surface area is 106 Å². The maximum absolute atomic E-state index is 12.1. The highest BCUT2D eigenvalue weighted by molar-refractivity contribution is 9.11. The molecule has 1 aliphatic carbocycles. The molecule has 1 unspecified atom stereocenters. The van der Waals surface area contributed by atoms with Crippen molar-refractivity contribution in [3.63, 3.8) is 0 Å². The van der Waals surface area contributed by atoms with Crippen LogP contribution < -0.4 is 0 Å². The van der Waals surface area contributed by atoms with Crippen LogP contribution in [0.1, 0.15) is 34.5 Å². The lowest BCUT2D eigenvalue weighted by Gasteiger charge is -2.09. The minimum absolute atomic E-state index is 0.00292. The van der Waals surface area contributed by atoms with E-state index in [1.165, 1.54) is 0 Å². The van der Waals surface area contributed by atoms with E-state index in [4.69, 9.17) is 5.11 Å². The number of ketones is 1. The normalized spacial score (nSPS) is 20.3. The van der Waals surface area contributed by atoms with Crippen molar-refractivity contribution >= 4 is 39.0 Å². The van der Waals surface area contributed by atoms with Crippen LogP contribution in [-0.4, -0.2) is 16.9 Å². The van der Waals surface area contributed by atoms with Crippen molar-refractivity contribution in [2.75, 3.05) is 0 Å². The van der Waals surface area contributed by atoms with Gasteiger partial charge in [0.1, 0.15) is 0 Å². The molecule has 86 valence electrons. The predicted octanol–water partition coefficient (Wildman–Crippen LogP) is 3.12. The number of carboxylic acids is 1. The molecule has 0 aromatic carbocycles. The molecule has 1 aromatic rings. The smallest absolute Gasteiger partial charge is 0.304 e. The highest BCUT2D eigenvalue weighted by Gasteiger charge is 2.28. The molecule has 2 rings (SSSR count). The summed E-state index contributed by atoms with van der Waals surface area (Å²) in [5, 5.41) is 8.77. The molecule has 0 spiro atoms. The van der Waals surface area contributed by atoms with E-state index in [1.54, 1.807) is 11.3 Å². The van der Waals surface area contributed by atoms with Crippen LogP contribution in [0.15, 0.2) is 9.85 Å². The Morgan fingerprint density at radius 2 is 2.38 bits per heavy atom. The zero-order valence-corrected chi connectivity index (χ0v) is 10.9. The van der Waals surface area contributed by atoms with Crippen molar-refractivity contribution in [1.82, 2.24) is 0 Å². The zero-order valence-electron chi connectivity index (χ0n) is 8.53. The van der Waals surface area contributed by atoms with Gasteiger partial charge in [-0.25, -0.2) is 0 Å². The van der Waals surface area contributed by atoms with E-state index in [2.05, 4.69) is 15.9 Å². The molecular formula is C11H11BrO3S. The monoisotopic (exact) mass is 302 g/mol. The SMILES string of the molecule is O=C(O)CC1CCCc2sc(Br)cc2C1=O. The number of hydrogen-bond donors (Lipinski definition) is 1. The van der Waals surface area contributed by atoms with Crippen molar-refractivity contribution in [1.29, 1.82) is 0 Å². The molecule has 1 aliphatic rings. The Kier molecular flexibility index (Phi) is 3.44. The van der Waals surface area contributed by atoms with E-state index in [-0.39, 0.29) is 18.1 Å². The lowest BCUT2D eigenvalue weighted by atomic mass is 9.94. The molecule has 3 nitrogen and oxygen atoms in total. The third kappa shape index (κ3) is 2.35. The highest BCUT2D eigenvalue weighted by Crippen LogP contribution is 2.34. The van der Waals surface area contributed by atoms with E-state index in [9.17, 15) is 9.59 Å². The summed E-state index contributed by atoms with van der Waals surface area (Å²) < 4.78 is 0.946. The fraction of sp³-hybridized carbons (Fsp3) is 0.455. The van der Waals surface area contributed by atoms with Crippen LogP contribution in [0.2, 0.25) is 0 Å². The van der Waals surface area contributed by atoms with Crippen molar-refractivity contribution in [2.24, 2.45) is 5.92 Å². The first kappa shape index (κ1) is 11.8. The first-order chi connectivity index (χ1) is 7.58. The molecule has 0 saturated carbocycles. The maximum Gasteiger partial charge on any atom is 0.304 e. The molecule has 0 fully saturated rings. The van der Waals surface area contributed by atoms with Crippen molar-refractivity contribution in [2.45, 2.75) is 25.7 Å². The van der Waals surface area contributed by atoms with Crippen LogP contribution in [0.4, 0.5) is 0 Å². The Bertz CT molecular complexity index is 438. The van der Waals surface area contributed by atoms with Crippen LogP contribution in [-0.2, 0) is 11.2 Å². The summed E-state index contributed by atoms with van der Waals surface area (Å²) in [7, 11) is 0. The number of carboxylic acid groups (broad SMARTS) is 1. The second-order valence-electron chi connectivity index (χ2n) is 3.94. The van der Waals surface area contributed by atoms with Gasteiger partial charge in [0.15, 0.2) is 5.78 Å². The van der Waals surface area contributed by atoms with Crippen LogP contribution >= 0.6 is 27.3 Å². The van der Waals surface area contributed by atoms with Gasteiger partial charge in [-0.15, -0.1) is 11.3 Å². The number of thiophene rings is 1. The van der Waals surface area contributed by atoms with Crippen LogP contribution in [0.3, 0.4) is 0 Å². The molecule has 1 N–H and O–H groups in total. The molecule has 0 saturated heterocycles. The Hall–Kier alpha value is -0.680. The van der Waals surface area contributed by atoms with Gasteiger partial charge in [-0.3, -0.25) is 9.59 Å². The second kappa shape index (κ2) is 4.67. The van der Waals surface area contributed by atoms with Gasteiger partial charge in [0.25, 0.3) is 0 Å². The lowest BCUT2D eigenvalue weighted by molar-refractivity contribution is -0.137. The molecular weight excluding hydrogens is 292 g/mol. The quantitative estimate of drug-likeness (QED) is 0.854. The lowest BCUT2D eigenvalue weighted by Crippen LogP contribution is -2.17. The van der Waals surface area contributed by atoms with Crippen LogP contribution in [0.25, 0.3) is 0 Å². The summed E-state index contributed by atoms with van der Waals surface area (Å²) in [6, 6.07) is 1.82.